The molecule has 0 heterocycles. The molecule has 80 valence electrons. The number of carbonyl (C=O) groups is 2. The second-order valence-corrected chi connectivity index (χ2v) is 4.48. The topological polar surface area (TPSA) is 43.4 Å². The zero-order valence-electron chi connectivity index (χ0n) is 9.08. The minimum absolute atomic E-state index is 0.142. The Morgan fingerprint density at radius 2 is 2.14 bits per heavy atom. The van der Waals surface area contributed by atoms with E-state index in [1.54, 1.807) is 0 Å². The Kier molecular flexibility index (Phi) is 3.29. The van der Waals surface area contributed by atoms with E-state index in [1.807, 2.05) is 20.8 Å². The summed E-state index contributed by atoms with van der Waals surface area (Å²) in [6.07, 6.45) is 2.77. The summed E-state index contributed by atoms with van der Waals surface area (Å²) in [7, 11) is 0. The Morgan fingerprint density at radius 3 is 2.57 bits per heavy atom. The Bertz CT molecular complexity index is 233. The van der Waals surface area contributed by atoms with Crippen LogP contribution in [0.25, 0.3) is 0 Å². The van der Waals surface area contributed by atoms with Crippen molar-refractivity contribution in [2.24, 2.45) is 17.3 Å². The highest BCUT2D eigenvalue weighted by Gasteiger charge is 2.62. The maximum atomic E-state index is 11.5. The smallest absolute Gasteiger partial charge is 0.310 e. The van der Waals surface area contributed by atoms with Crippen molar-refractivity contribution >= 4 is 12.3 Å². The molecule has 0 bridgehead atoms. The number of aldehydes is 1. The molecule has 0 N–H and O–H groups in total. The van der Waals surface area contributed by atoms with E-state index in [9.17, 15) is 9.59 Å². The summed E-state index contributed by atoms with van der Waals surface area (Å²) in [4.78, 5) is 22.1. The number of rotatable bonds is 5. The number of ether oxygens (including phenoxy) is 1. The van der Waals surface area contributed by atoms with Crippen LogP contribution in [-0.2, 0) is 14.3 Å². The molecule has 2 unspecified atom stereocenters. The van der Waals surface area contributed by atoms with Gasteiger partial charge in [0, 0.05) is 5.92 Å². The molecule has 1 aliphatic rings. The van der Waals surface area contributed by atoms with Gasteiger partial charge in [-0.25, -0.2) is 0 Å². The van der Waals surface area contributed by atoms with Crippen molar-refractivity contribution in [3.63, 3.8) is 0 Å². The lowest BCUT2D eigenvalue weighted by Crippen LogP contribution is -2.11. The third-order valence-corrected chi connectivity index (χ3v) is 3.05. The van der Waals surface area contributed by atoms with Crippen molar-refractivity contribution in [3.8, 4) is 0 Å². The van der Waals surface area contributed by atoms with Gasteiger partial charge in [0.1, 0.15) is 6.29 Å². The fourth-order valence-electron chi connectivity index (χ4n) is 1.79. The first-order valence-corrected chi connectivity index (χ1v) is 5.17. The molecule has 14 heavy (non-hydrogen) atoms. The van der Waals surface area contributed by atoms with E-state index in [0.717, 1.165) is 19.1 Å². The Hall–Kier alpha value is -0.860. The van der Waals surface area contributed by atoms with Gasteiger partial charge in [-0.1, -0.05) is 27.2 Å². The van der Waals surface area contributed by atoms with Crippen molar-refractivity contribution < 1.29 is 14.3 Å². The number of hydrogen-bond acceptors (Lipinski definition) is 3. The van der Waals surface area contributed by atoms with E-state index in [0.29, 0.717) is 6.61 Å². The van der Waals surface area contributed by atoms with Crippen molar-refractivity contribution in [2.75, 3.05) is 6.61 Å². The second-order valence-electron chi connectivity index (χ2n) is 4.48. The molecule has 3 heteroatoms. The van der Waals surface area contributed by atoms with Crippen LogP contribution in [0, 0.1) is 17.3 Å². The summed E-state index contributed by atoms with van der Waals surface area (Å²) in [5, 5.41) is 0. The molecule has 0 radical (unpaired) electrons. The van der Waals surface area contributed by atoms with E-state index in [4.69, 9.17) is 4.74 Å². The number of hydrogen-bond donors (Lipinski definition) is 0. The summed E-state index contributed by atoms with van der Waals surface area (Å²) in [5.41, 5.74) is -0.189. The van der Waals surface area contributed by atoms with Crippen LogP contribution in [0.2, 0.25) is 0 Å². The summed E-state index contributed by atoms with van der Waals surface area (Å²) in [5.74, 6) is -0.561. The molecular weight excluding hydrogens is 180 g/mol. The molecule has 2 atom stereocenters. The molecule has 1 aliphatic carbocycles. The predicted molar refractivity (Wildman–Crippen MR) is 52.7 cm³/mol. The maximum Gasteiger partial charge on any atom is 0.310 e. The third-order valence-electron chi connectivity index (χ3n) is 3.05. The zero-order chi connectivity index (χ0) is 10.8. The second kappa shape index (κ2) is 4.11. The molecule has 0 aromatic carbocycles. The van der Waals surface area contributed by atoms with Crippen LogP contribution < -0.4 is 0 Å². The van der Waals surface area contributed by atoms with Crippen LogP contribution in [0.15, 0.2) is 0 Å². The molecule has 1 rings (SSSR count). The summed E-state index contributed by atoms with van der Waals surface area (Å²) in [6.45, 7) is 6.38. The van der Waals surface area contributed by atoms with E-state index < -0.39 is 0 Å². The number of esters is 1. The number of carbonyl (C=O) groups excluding carboxylic acids is 2. The lowest BCUT2D eigenvalue weighted by atomic mass is 10.1. The highest BCUT2D eigenvalue weighted by Crippen LogP contribution is 2.57. The average Bonchev–Trinajstić information content (AvgIpc) is 2.68. The minimum atomic E-state index is -0.211. The molecule has 0 aliphatic heterocycles. The Labute approximate surface area is 84.8 Å². The first kappa shape index (κ1) is 11.2. The van der Waals surface area contributed by atoms with Gasteiger partial charge >= 0.3 is 5.97 Å². The van der Waals surface area contributed by atoms with Gasteiger partial charge in [0.05, 0.1) is 12.5 Å². The van der Waals surface area contributed by atoms with Crippen molar-refractivity contribution in [1.82, 2.24) is 0 Å². The lowest BCUT2D eigenvalue weighted by molar-refractivity contribution is -0.146. The summed E-state index contributed by atoms with van der Waals surface area (Å²) in [6, 6.07) is 0. The molecular formula is C11H18O3. The fourth-order valence-corrected chi connectivity index (χ4v) is 1.79. The Morgan fingerprint density at radius 1 is 1.50 bits per heavy atom. The molecule has 0 saturated heterocycles. The van der Waals surface area contributed by atoms with Crippen LogP contribution in [0.5, 0.6) is 0 Å². The predicted octanol–water partition coefficient (Wildman–Crippen LogP) is 1.80. The van der Waals surface area contributed by atoms with E-state index in [1.165, 1.54) is 0 Å². The molecule has 0 amide bonds. The monoisotopic (exact) mass is 198 g/mol. The largest absolute Gasteiger partial charge is 0.465 e. The van der Waals surface area contributed by atoms with Gasteiger partial charge in [-0.3, -0.25) is 4.79 Å². The first-order chi connectivity index (χ1) is 6.55. The quantitative estimate of drug-likeness (QED) is 0.384. The van der Waals surface area contributed by atoms with Gasteiger partial charge in [-0.2, -0.15) is 0 Å². The average molecular weight is 198 g/mol. The van der Waals surface area contributed by atoms with Crippen LogP contribution in [0.1, 0.15) is 33.6 Å². The highest BCUT2D eigenvalue weighted by molar-refractivity contribution is 5.84. The summed E-state index contributed by atoms with van der Waals surface area (Å²) >= 11 is 0. The van der Waals surface area contributed by atoms with Crippen molar-refractivity contribution in [1.29, 1.82) is 0 Å². The third kappa shape index (κ3) is 1.97. The van der Waals surface area contributed by atoms with Gasteiger partial charge in [0.25, 0.3) is 0 Å². The van der Waals surface area contributed by atoms with Crippen LogP contribution in [-0.4, -0.2) is 18.9 Å². The normalized spacial score (nSPS) is 28.2. The number of unbranched alkanes of at least 4 members (excludes halogenated alkanes) is 1. The molecule has 0 aromatic rings. The molecule has 1 fully saturated rings. The van der Waals surface area contributed by atoms with Gasteiger partial charge in [-0.15, -0.1) is 0 Å². The minimum Gasteiger partial charge on any atom is -0.465 e. The van der Waals surface area contributed by atoms with Gasteiger partial charge in [-0.05, 0) is 11.8 Å². The van der Waals surface area contributed by atoms with Crippen molar-refractivity contribution in [2.45, 2.75) is 33.6 Å². The van der Waals surface area contributed by atoms with Crippen LogP contribution in [0.4, 0.5) is 0 Å². The van der Waals surface area contributed by atoms with E-state index in [-0.39, 0.29) is 23.2 Å². The molecule has 0 spiro atoms. The highest BCUT2D eigenvalue weighted by atomic mass is 16.5. The van der Waals surface area contributed by atoms with Crippen molar-refractivity contribution in [3.05, 3.63) is 0 Å². The fraction of sp³-hybridized carbons (Fsp3) is 0.818. The molecule has 0 aromatic heterocycles. The zero-order valence-corrected chi connectivity index (χ0v) is 9.08. The lowest BCUT2D eigenvalue weighted by Gasteiger charge is -2.04. The van der Waals surface area contributed by atoms with Crippen LogP contribution >= 0.6 is 0 Å². The van der Waals surface area contributed by atoms with Gasteiger partial charge < -0.3 is 9.53 Å². The van der Waals surface area contributed by atoms with E-state index >= 15 is 0 Å². The first-order valence-electron chi connectivity index (χ1n) is 5.17. The van der Waals surface area contributed by atoms with E-state index in [2.05, 4.69) is 0 Å². The maximum absolute atomic E-state index is 11.5. The molecule has 1 saturated carbocycles. The van der Waals surface area contributed by atoms with Gasteiger partial charge in [0.15, 0.2) is 0 Å². The Balaban J connectivity index is 2.37. The van der Waals surface area contributed by atoms with Crippen LogP contribution in [0.3, 0.4) is 0 Å². The van der Waals surface area contributed by atoms with Gasteiger partial charge in [0.2, 0.25) is 0 Å². The standard InChI is InChI=1S/C11H18O3/c1-4-5-6-14-10(13)9-8(7-12)11(9,2)3/h7-9H,4-6H2,1-3H3. The molecule has 3 nitrogen and oxygen atoms in total. The summed E-state index contributed by atoms with van der Waals surface area (Å²) < 4.78 is 5.08. The SMILES string of the molecule is CCCCOC(=O)C1C(C=O)C1(C)C.